The van der Waals surface area contributed by atoms with Crippen molar-refractivity contribution in [1.82, 2.24) is 15.3 Å². The lowest BCUT2D eigenvalue weighted by Gasteiger charge is -2.04. The van der Waals surface area contributed by atoms with Crippen LogP contribution in [0.1, 0.15) is 27.9 Å². The van der Waals surface area contributed by atoms with Gasteiger partial charge in [0.25, 0.3) is 5.91 Å². The minimum Gasteiger partial charge on any atom is -0.382 e. The Bertz CT molecular complexity index is 535. The zero-order valence-electron chi connectivity index (χ0n) is 10.0. The highest BCUT2D eigenvalue weighted by atomic mass is 32.1. The second-order valence-electron chi connectivity index (χ2n) is 3.73. The van der Waals surface area contributed by atoms with Crippen LogP contribution in [-0.2, 0) is 13.0 Å². The molecule has 0 aromatic carbocycles. The van der Waals surface area contributed by atoms with Crippen molar-refractivity contribution in [1.29, 1.82) is 0 Å². The van der Waals surface area contributed by atoms with Gasteiger partial charge in [-0.25, -0.2) is 9.97 Å². The fourth-order valence-corrected chi connectivity index (χ4v) is 2.46. The minimum absolute atomic E-state index is 0.238. The third-order valence-electron chi connectivity index (χ3n) is 2.53. The van der Waals surface area contributed by atoms with Gasteiger partial charge in [-0.1, -0.05) is 6.92 Å². The summed E-state index contributed by atoms with van der Waals surface area (Å²) in [5.74, 6) is 0.0658. The SMILES string of the molecule is CCc1ccsc1CNC(=O)c1cnc(N)cn1. The molecule has 0 aliphatic rings. The first-order chi connectivity index (χ1) is 8.70. The number of hydrogen-bond donors (Lipinski definition) is 2. The van der Waals surface area contributed by atoms with Gasteiger partial charge in [0, 0.05) is 4.88 Å². The van der Waals surface area contributed by atoms with Crippen molar-refractivity contribution in [3.63, 3.8) is 0 Å². The maximum absolute atomic E-state index is 11.8. The zero-order valence-corrected chi connectivity index (χ0v) is 10.8. The van der Waals surface area contributed by atoms with Gasteiger partial charge in [-0.2, -0.15) is 0 Å². The van der Waals surface area contributed by atoms with Crippen molar-refractivity contribution in [3.8, 4) is 0 Å². The molecule has 0 atom stereocenters. The van der Waals surface area contributed by atoms with Crippen LogP contribution in [0, 0.1) is 0 Å². The normalized spacial score (nSPS) is 10.3. The predicted molar refractivity (Wildman–Crippen MR) is 71.3 cm³/mol. The van der Waals surface area contributed by atoms with Crippen LogP contribution in [0.15, 0.2) is 23.8 Å². The molecular formula is C12H14N4OS. The van der Waals surface area contributed by atoms with Crippen LogP contribution in [-0.4, -0.2) is 15.9 Å². The van der Waals surface area contributed by atoms with E-state index >= 15 is 0 Å². The average molecular weight is 262 g/mol. The number of hydrogen-bond acceptors (Lipinski definition) is 5. The van der Waals surface area contributed by atoms with Gasteiger partial charge in [0.2, 0.25) is 0 Å². The van der Waals surface area contributed by atoms with Crippen molar-refractivity contribution >= 4 is 23.1 Å². The van der Waals surface area contributed by atoms with Gasteiger partial charge in [-0.15, -0.1) is 11.3 Å². The molecule has 0 aliphatic heterocycles. The lowest BCUT2D eigenvalue weighted by molar-refractivity contribution is 0.0946. The molecule has 94 valence electrons. The Balaban J connectivity index is 1.98. The summed E-state index contributed by atoms with van der Waals surface area (Å²) in [5.41, 5.74) is 6.96. The number of aromatic nitrogens is 2. The van der Waals surface area contributed by atoms with E-state index in [1.165, 1.54) is 22.8 Å². The van der Waals surface area contributed by atoms with E-state index in [9.17, 15) is 4.79 Å². The number of anilines is 1. The van der Waals surface area contributed by atoms with E-state index in [1.807, 2.05) is 5.38 Å². The number of carbonyl (C=O) groups excluding carboxylic acids is 1. The van der Waals surface area contributed by atoms with Crippen molar-refractivity contribution in [2.75, 3.05) is 5.73 Å². The highest BCUT2D eigenvalue weighted by Crippen LogP contribution is 2.16. The smallest absolute Gasteiger partial charge is 0.271 e. The molecule has 0 aliphatic carbocycles. The number of nitrogens with one attached hydrogen (secondary N) is 1. The van der Waals surface area contributed by atoms with Gasteiger partial charge in [-0.05, 0) is 23.4 Å². The lowest BCUT2D eigenvalue weighted by atomic mass is 10.2. The molecule has 0 saturated heterocycles. The van der Waals surface area contributed by atoms with Crippen molar-refractivity contribution < 1.29 is 4.79 Å². The number of amides is 1. The topological polar surface area (TPSA) is 80.9 Å². The van der Waals surface area contributed by atoms with Crippen LogP contribution in [0.25, 0.3) is 0 Å². The van der Waals surface area contributed by atoms with Crippen LogP contribution in [0.3, 0.4) is 0 Å². The number of nitrogens with zero attached hydrogens (tertiary/aromatic N) is 2. The summed E-state index contributed by atoms with van der Waals surface area (Å²) in [6.07, 6.45) is 3.72. The van der Waals surface area contributed by atoms with Gasteiger partial charge < -0.3 is 11.1 Å². The van der Waals surface area contributed by atoms with Crippen LogP contribution < -0.4 is 11.1 Å². The zero-order chi connectivity index (χ0) is 13.0. The van der Waals surface area contributed by atoms with Crippen molar-refractivity contribution in [2.45, 2.75) is 19.9 Å². The Labute approximate surface area is 109 Å². The first-order valence-electron chi connectivity index (χ1n) is 5.61. The summed E-state index contributed by atoms with van der Waals surface area (Å²) in [4.78, 5) is 20.7. The number of nitrogen functional groups attached to an aromatic ring is 1. The number of aryl methyl sites for hydroxylation is 1. The molecule has 1 amide bonds. The monoisotopic (exact) mass is 262 g/mol. The molecule has 2 aromatic rings. The third kappa shape index (κ3) is 2.84. The highest BCUT2D eigenvalue weighted by molar-refractivity contribution is 7.10. The fraction of sp³-hybridized carbons (Fsp3) is 0.250. The fourth-order valence-electron chi connectivity index (χ4n) is 1.54. The van der Waals surface area contributed by atoms with E-state index in [4.69, 9.17) is 5.73 Å². The van der Waals surface area contributed by atoms with Crippen LogP contribution in [0.5, 0.6) is 0 Å². The molecule has 0 bridgehead atoms. The quantitative estimate of drug-likeness (QED) is 0.877. The molecule has 18 heavy (non-hydrogen) atoms. The molecule has 5 nitrogen and oxygen atoms in total. The first-order valence-corrected chi connectivity index (χ1v) is 6.49. The molecule has 6 heteroatoms. The lowest BCUT2D eigenvalue weighted by Crippen LogP contribution is -2.24. The second kappa shape index (κ2) is 5.59. The number of nitrogens with two attached hydrogens (primary N) is 1. The van der Waals surface area contributed by atoms with Gasteiger partial charge in [0.1, 0.15) is 11.5 Å². The summed E-state index contributed by atoms with van der Waals surface area (Å²) in [6, 6.07) is 2.08. The number of thiophene rings is 1. The molecule has 0 fully saturated rings. The summed E-state index contributed by atoms with van der Waals surface area (Å²) in [6.45, 7) is 2.62. The molecule has 2 heterocycles. The van der Waals surface area contributed by atoms with E-state index in [1.54, 1.807) is 11.3 Å². The molecule has 0 spiro atoms. The summed E-state index contributed by atoms with van der Waals surface area (Å²) in [7, 11) is 0. The maximum atomic E-state index is 11.8. The second-order valence-corrected chi connectivity index (χ2v) is 4.73. The Hall–Kier alpha value is -1.95. The van der Waals surface area contributed by atoms with E-state index < -0.39 is 0 Å². The Morgan fingerprint density at radius 1 is 1.44 bits per heavy atom. The van der Waals surface area contributed by atoms with Gasteiger partial charge in [-0.3, -0.25) is 4.79 Å². The minimum atomic E-state index is -0.238. The molecule has 3 N–H and O–H groups in total. The average Bonchev–Trinajstić information content (AvgIpc) is 2.84. The molecule has 0 saturated carbocycles. The summed E-state index contributed by atoms with van der Waals surface area (Å²) in [5, 5.41) is 4.85. The summed E-state index contributed by atoms with van der Waals surface area (Å²) >= 11 is 1.64. The predicted octanol–water partition coefficient (Wildman–Crippen LogP) is 1.61. The molecule has 2 rings (SSSR count). The molecule has 2 aromatic heterocycles. The van der Waals surface area contributed by atoms with Gasteiger partial charge in [0.15, 0.2) is 0 Å². The van der Waals surface area contributed by atoms with Crippen molar-refractivity contribution in [3.05, 3.63) is 40.0 Å². The molecular weight excluding hydrogens is 248 g/mol. The molecule has 0 radical (unpaired) electrons. The maximum Gasteiger partial charge on any atom is 0.271 e. The van der Waals surface area contributed by atoms with Crippen molar-refractivity contribution in [2.24, 2.45) is 0 Å². The van der Waals surface area contributed by atoms with Crippen LogP contribution in [0.4, 0.5) is 5.82 Å². The van der Waals surface area contributed by atoms with E-state index in [-0.39, 0.29) is 11.6 Å². The van der Waals surface area contributed by atoms with E-state index in [0.29, 0.717) is 12.4 Å². The third-order valence-corrected chi connectivity index (χ3v) is 3.50. The summed E-state index contributed by atoms with van der Waals surface area (Å²) < 4.78 is 0. The standard InChI is InChI=1S/C12H14N4OS/c1-2-8-3-4-18-10(8)6-16-12(17)9-5-15-11(13)7-14-9/h3-5,7H,2,6H2,1H3,(H2,13,15)(H,16,17). The van der Waals surface area contributed by atoms with Crippen LogP contribution in [0.2, 0.25) is 0 Å². The number of carbonyl (C=O) groups is 1. The largest absolute Gasteiger partial charge is 0.382 e. The van der Waals surface area contributed by atoms with Gasteiger partial charge >= 0.3 is 0 Å². The number of rotatable bonds is 4. The molecule has 0 unspecified atom stereocenters. The first kappa shape index (κ1) is 12.5. The van der Waals surface area contributed by atoms with Gasteiger partial charge in [0.05, 0.1) is 18.9 Å². The highest BCUT2D eigenvalue weighted by Gasteiger charge is 2.09. The van der Waals surface area contributed by atoms with E-state index in [0.717, 1.165) is 6.42 Å². The Kier molecular flexibility index (Phi) is 3.88. The van der Waals surface area contributed by atoms with Crippen LogP contribution >= 0.6 is 11.3 Å². The Morgan fingerprint density at radius 3 is 2.94 bits per heavy atom. The Morgan fingerprint density at radius 2 is 2.28 bits per heavy atom. The van der Waals surface area contributed by atoms with E-state index in [2.05, 4.69) is 28.3 Å².